The number of pyridine rings is 1. The lowest BCUT2D eigenvalue weighted by molar-refractivity contribution is -0.168. The molecule has 2 amide bonds. The van der Waals surface area contributed by atoms with Crippen LogP contribution < -0.4 is 4.90 Å². The van der Waals surface area contributed by atoms with Crippen molar-refractivity contribution in [2.45, 2.75) is 38.5 Å². The average molecular weight is 321 g/mol. The summed E-state index contributed by atoms with van der Waals surface area (Å²) in [7, 11) is 3.05. The van der Waals surface area contributed by atoms with E-state index >= 15 is 0 Å². The second-order valence-electron chi connectivity index (χ2n) is 5.60. The highest BCUT2D eigenvalue weighted by atomic mass is 16.7. The molecule has 0 unspecified atom stereocenters. The highest BCUT2D eigenvalue weighted by Gasteiger charge is 2.23. The quantitative estimate of drug-likeness (QED) is 0.642. The summed E-state index contributed by atoms with van der Waals surface area (Å²) in [5.74, 6) is 0.513. The number of carbonyl (C=O) groups is 2. The number of aryl methyl sites for hydroxylation is 2. The van der Waals surface area contributed by atoms with E-state index in [0.29, 0.717) is 18.8 Å². The predicted octanol–water partition coefficient (Wildman–Crippen LogP) is 2.24. The minimum atomic E-state index is -0.955. The highest BCUT2D eigenvalue weighted by molar-refractivity contribution is 5.86. The van der Waals surface area contributed by atoms with Crippen LogP contribution in [0.4, 0.5) is 10.6 Å². The molecule has 2 heterocycles. The fourth-order valence-corrected chi connectivity index (χ4v) is 2.65. The summed E-state index contributed by atoms with van der Waals surface area (Å²) in [4.78, 5) is 33.6. The van der Waals surface area contributed by atoms with Crippen molar-refractivity contribution in [2.75, 3.05) is 25.6 Å². The lowest BCUT2D eigenvalue weighted by Gasteiger charge is -2.26. The molecule has 7 heteroatoms. The Hall–Kier alpha value is -2.15. The third-order valence-electron chi connectivity index (χ3n) is 4.03. The molecule has 0 saturated heterocycles. The first kappa shape index (κ1) is 17.2. The van der Waals surface area contributed by atoms with Crippen molar-refractivity contribution in [3.63, 3.8) is 0 Å². The number of hydrogen-bond donors (Lipinski definition) is 1. The zero-order chi connectivity index (χ0) is 16.8. The molecule has 1 aromatic heterocycles. The van der Waals surface area contributed by atoms with E-state index in [2.05, 4.69) is 4.98 Å². The fraction of sp³-hybridized carbons (Fsp3) is 0.562. The van der Waals surface area contributed by atoms with Crippen LogP contribution in [-0.4, -0.2) is 47.9 Å². The van der Waals surface area contributed by atoms with Crippen LogP contribution in [0.3, 0.4) is 0 Å². The first-order valence-corrected chi connectivity index (χ1v) is 7.83. The van der Waals surface area contributed by atoms with Gasteiger partial charge in [0.1, 0.15) is 5.82 Å². The summed E-state index contributed by atoms with van der Waals surface area (Å²) in [6, 6.07) is 3.92. The predicted molar refractivity (Wildman–Crippen MR) is 85.3 cm³/mol. The molecular weight excluding hydrogens is 298 g/mol. The molecule has 23 heavy (non-hydrogen) atoms. The highest BCUT2D eigenvalue weighted by Crippen LogP contribution is 2.25. The molecular formula is C16H23N3O4. The Balaban J connectivity index is 1.91. The van der Waals surface area contributed by atoms with Crippen LogP contribution in [0.2, 0.25) is 0 Å². The number of carboxylic acid groups (broad SMARTS) is 1. The van der Waals surface area contributed by atoms with Gasteiger partial charge < -0.3 is 5.11 Å². The smallest absolute Gasteiger partial charge is 0.413 e. The molecule has 1 aromatic rings. The van der Waals surface area contributed by atoms with Crippen LogP contribution in [-0.2, 0) is 22.5 Å². The number of nitrogens with zero attached hydrogens (tertiary/aromatic N) is 3. The van der Waals surface area contributed by atoms with Crippen molar-refractivity contribution < 1.29 is 19.5 Å². The fourth-order valence-electron chi connectivity index (χ4n) is 2.65. The van der Waals surface area contributed by atoms with E-state index in [1.807, 2.05) is 12.1 Å². The number of rotatable bonds is 6. The van der Waals surface area contributed by atoms with Crippen LogP contribution in [0, 0.1) is 0 Å². The van der Waals surface area contributed by atoms with E-state index in [1.54, 1.807) is 7.05 Å². The summed E-state index contributed by atoms with van der Waals surface area (Å²) in [6.07, 6.45) is 3.46. The van der Waals surface area contributed by atoms with Crippen molar-refractivity contribution in [3.05, 3.63) is 23.4 Å². The molecule has 0 saturated carbocycles. The zero-order valence-corrected chi connectivity index (χ0v) is 13.6. The van der Waals surface area contributed by atoms with E-state index in [0.717, 1.165) is 43.4 Å². The molecule has 0 aliphatic carbocycles. The van der Waals surface area contributed by atoms with Gasteiger partial charge in [0, 0.05) is 25.7 Å². The van der Waals surface area contributed by atoms with Crippen LogP contribution in [0.25, 0.3) is 0 Å². The monoisotopic (exact) mass is 321 g/mol. The molecule has 126 valence electrons. The van der Waals surface area contributed by atoms with Crippen molar-refractivity contribution in [3.8, 4) is 0 Å². The van der Waals surface area contributed by atoms with Crippen LogP contribution in [0.5, 0.6) is 0 Å². The minimum Gasteiger partial charge on any atom is -0.465 e. The Morgan fingerprint density at radius 3 is 2.87 bits per heavy atom. The maximum atomic E-state index is 11.6. The lowest BCUT2D eigenvalue weighted by atomic mass is 10.0. The van der Waals surface area contributed by atoms with Gasteiger partial charge in [0.05, 0.1) is 7.11 Å². The van der Waals surface area contributed by atoms with Crippen LogP contribution in [0.1, 0.15) is 36.9 Å². The van der Waals surface area contributed by atoms with Gasteiger partial charge in [0.25, 0.3) is 0 Å². The summed E-state index contributed by atoms with van der Waals surface area (Å²) in [6.45, 7) is 0.497. The number of aromatic nitrogens is 1. The molecule has 7 nitrogen and oxygen atoms in total. The molecule has 1 aliphatic rings. The summed E-state index contributed by atoms with van der Waals surface area (Å²) in [5, 5.41) is 10.5. The van der Waals surface area contributed by atoms with E-state index in [9.17, 15) is 14.7 Å². The van der Waals surface area contributed by atoms with E-state index in [-0.39, 0.29) is 5.91 Å². The maximum absolute atomic E-state index is 11.6. The van der Waals surface area contributed by atoms with Crippen molar-refractivity contribution in [2.24, 2.45) is 0 Å². The third-order valence-corrected chi connectivity index (χ3v) is 4.03. The van der Waals surface area contributed by atoms with E-state index in [1.165, 1.54) is 17.1 Å². The normalized spacial score (nSPS) is 13.6. The van der Waals surface area contributed by atoms with Gasteiger partial charge in [0.15, 0.2) is 0 Å². The summed E-state index contributed by atoms with van der Waals surface area (Å²) < 4.78 is 0. The maximum Gasteiger partial charge on any atom is 0.413 e. The van der Waals surface area contributed by atoms with Crippen LogP contribution in [0.15, 0.2) is 12.1 Å². The Morgan fingerprint density at radius 1 is 1.39 bits per heavy atom. The van der Waals surface area contributed by atoms with Gasteiger partial charge >= 0.3 is 6.09 Å². The largest absolute Gasteiger partial charge is 0.465 e. The van der Waals surface area contributed by atoms with Gasteiger partial charge in [-0.05, 0) is 43.7 Å². The van der Waals surface area contributed by atoms with E-state index < -0.39 is 6.09 Å². The summed E-state index contributed by atoms with van der Waals surface area (Å²) >= 11 is 0. The van der Waals surface area contributed by atoms with Gasteiger partial charge in [-0.3, -0.25) is 14.5 Å². The van der Waals surface area contributed by atoms with Gasteiger partial charge in [-0.2, -0.15) is 0 Å². The molecule has 0 bridgehead atoms. The molecule has 1 N–H and O–H groups in total. The zero-order valence-electron chi connectivity index (χ0n) is 13.6. The van der Waals surface area contributed by atoms with Crippen LogP contribution >= 0.6 is 0 Å². The molecule has 1 aliphatic heterocycles. The summed E-state index contributed by atoms with van der Waals surface area (Å²) in [5.41, 5.74) is 1.85. The number of amides is 2. The standard InChI is InChI=1S/C16H23N3O4/c1-18(23-2)14(20)8-4-3-7-13-10-9-12-6-5-11-19(16(21)22)15(12)17-13/h9-10H,3-8,11H2,1-2H3,(H,21,22). The van der Waals surface area contributed by atoms with E-state index in [4.69, 9.17) is 4.84 Å². The lowest BCUT2D eigenvalue weighted by Crippen LogP contribution is -2.35. The molecule has 2 rings (SSSR count). The first-order chi connectivity index (χ1) is 11.0. The molecule has 0 spiro atoms. The molecule has 0 aromatic carbocycles. The van der Waals surface area contributed by atoms with Crippen molar-refractivity contribution in [1.82, 2.24) is 10.0 Å². The molecule has 0 fully saturated rings. The number of carbonyl (C=O) groups excluding carboxylic acids is 1. The third kappa shape index (κ3) is 4.41. The van der Waals surface area contributed by atoms with Crippen molar-refractivity contribution in [1.29, 1.82) is 0 Å². The Bertz CT molecular complexity index is 576. The molecule has 0 atom stereocenters. The number of fused-ring (bicyclic) bond motifs is 1. The Labute approximate surface area is 135 Å². The average Bonchev–Trinajstić information content (AvgIpc) is 2.56. The number of hydrogen-bond acceptors (Lipinski definition) is 4. The van der Waals surface area contributed by atoms with Crippen molar-refractivity contribution >= 4 is 17.8 Å². The Morgan fingerprint density at radius 2 is 2.17 bits per heavy atom. The SMILES string of the molecule is CON(C)C(=O)CCCCc1ccc2c(n1)N(C(=O)O)CCC2. The molecule has 0 radical (unpaired) electrons. The number of anilines is 1. The van der Waals surface area contributed by atoms with Gasteiger partial charge in [-0.25, -0.2) is 14.8 Å². The Kier molecular flexibility index (Phi) is 5.92. The van der Waals surface area contributed by atoms with Gasteiger partial charge in [-0.15, -0.1) is 0 Å². The van der Waals surface area contributed by atoms with Gasteiger partial charge in [-0.1, -0.05) is 6.07 Å². The second kappa shape index (κ2) is 7.92. The minimum absolute atomic E-state index is 0.0528. The number of hydroxylamine groups is 2. The second-order valence-corrected chi connectivity index (χ2v) is 5.60. The van der Waals surface area contributed by atoms with Gasteiger partial charge in [0.2, 0.25) is 5.91 Å². The topological polar surface area (TPSA) is 83.0 Å². The first-order valence-electron chi connectivity index (χ1n) is 7.83. The number of unbranched alkanes of at least 4 members (excludes halogenated alkanes) is 1.